The Morgan fingerprint density at radius 2 is 1.61 bits per heavy atom. The van der Waals surface area contributed by atoms with Crippen LogP contribution in [0.4, 0.5) is 4.79 Å². The molecule has 1 fully saturated rings. The number of aliphatic hydroxyl groups is 2. The van der Waals surface area contributed by atoms with E-state index in [0.717, 1.165) is 36.2 Å². The summed E-state index contributed by atoms with van der Waals surface area (Å²) < 4.78 is 27.7. The smallest absolute Gasteiger partial charge is 0.408 e. The number of H-pyrrole nitrogens is 1. The van der Waals surface area contributed by atoms with Gasteiger partial charge in [-0.2, -0.15) is 0 Å². The van der Waals surface area contributed by atoms with E-state index in [1.807, 2.05) is 4.98 Å². The molecule has 1 unspecified atom stereocenters. The maximum Gasteiger partial charge on any atom is 0.408 e. The monoisotopic (exact) mass is 721 g/mol. The lowest BCUT2D eigenvalue weighted by atomic mass is 9.98. The lowest BCUT2D eigenvalue weighted by molar-refractivity contribution is -0.168. The standard InChI is InChI=1S/C32H43N5O14/c1-5-47-30(44)23(33-13-9-14-34-28(43)22(17(2)38)36-32(46)48-16-20-10-7-6-8-11-20)24(42)25-26(49-18(3)39)27(50-19(4)40)29(51-25)37-15-12-21(41)35-31(37)45/h6-8,10-12,15,17,22-27,29,33,38,42H,5,9,13-14,16H2,1-4H3,(H,34,43)(H,36,46)(H,35,41,45)/t17-,22-,23?,24+,25+,26+,27+,29+/m0/s1. The van der Waals surface area contributed by atoms with Crippen molar-refractivity contribution in [1.82, 2.24) is 25.5 Å². The van der Waals surface area contributed by atoms with Crippen LogP contribution in [0, 0.1) is 0 Å². The topological polar surface area (TPSA) is 263 Å². The summed E-state index contributed by atoms with van der Waals surface area (Å²) in [5, 5.41) is 29.3. The third-order valence-electron chi connectivity index (χ3n) is 7.44. The van der Waals surface area contributed by atoms with Crippen LogP contribution >= 0.6 is 0 Å². The summed E-state index contributed by atoms with van der Waals surface area (Å²) in [5.74, 6) is -3.36. The van der Waals surface area contributed by atoms with Crippen LogP contribution < -0.4 is 27.2 Å². The fourth-order valence-corrected chi connectivity index (χ4v) is 5.16. The third kappa shape index (κ3) is 11.7. The molecule has 51 heavy (non-hydrogen) atoms. The van der Waals surface area contributed by atoms with Gasteiger partial charge in [-0.25, -0.2) is 9.59 Å². The molecule has 2 heterocycles. The van der Waals surface area contributed by atoms with E-state index in [9.17, 15) is 43.8 Å². The second kappa shape index (κ2) is 19.3. The molecule has 19 nitrogen and oxygen atoms in total. The molecule has 1 aromatic heterocycles. The molecule has 2 aromatic rings. The number of amides is 2. The molecule has 19 heteroatoms. The van der Waals surface area contributed by atoms with Crippen molar-refractivity contribution < 1.29 is 57.9 Å². The lowest BCUT2D eigenvalue weighted by Gasteiger charge is -2.30. The van der Waals surface area contributed by atoms with Crippen LogP contribution in [-0.2, 0) is 49.5 Å². The van der Waals surface area contributed by atoms with Gasteiger partial charge in [0.25, 0.3) is 5.56 Å². The van der Waals surface area contributed by atoms with Crippen molar-refractivity contribution in [1.29, 1.82) is 0 Å². The zero-order chi connectivity index (χ0) is 37.7. The predicted molar refractivity (Wildman–Crippen MR) is 174 cm³/mol. The Labute approximate surface area is 291 Å². The lowest BCUT2D eigenvalue weighted by Crippen LogP contribution is -2.56. The number of alkyl carbamates (subject to hydrolysis) is 1. The van der Waals surface area contributed by atoms with Crippen molar-refractivity contribution in [2.24, 2.45) is 0 Å². The average molecular weight is 722 g/mol. The Hall–Kier alpha value is -5.11. The number of hydrogen-bond acceptors (Lipinski definition) is 15. The summed E-state index contributed by atoms with van der Waals surface area (Å²) >= 11 is 0. The highest BCUT2D eigenvalue weighted by molar-refractivity contribution is 5.86. The Balaban J connectivity index is 1.68. The summed E-state index contributed by atoms with van der Waals surface area (Å²) in [6.07, 6.45) is -8.94. The van der Waals surface area contributed by atoms with Crippen molar-refractivity contribution in [3.8, 4) is 0 Å². The Morgan fingerprint density at radius 1 is 0.941 bits per heavy atom. The second-order valence-corrected chi connectivity index (χ2v) is 11.4. The summed E-state index contributed by atoms with van der Waals surface area (Å²) in [6, 6.07) is 6.96. The largest absolute Gasteiger partial charge is 0.465 e. The van der Waals surface area contributed by atoms with Crippen molar-refractivity contribution in [3.63, 3.8) is 0 Å². The van der Waals surface area contributed by atoms with Crippen molar-refractivity contribution in [2.75, 3.05) is 19.7 Å². The van der Waals surface area contributed by atoms with E-state index in [0.29, 0.717) is 0 Å². The fraction of sp³-hybridized carbons (Fsp3) is 0.531. The van der Waals surface area contributed by atoms with Gasteiger partial charge in [0.1, 0.15) is 30.9 Å². The Bertz CT molecular complexity index is 1610. The number of nitrogens with zero attached hydrogens (tertiary/aromatic N) is 1. The van der Waals surface area contributed by atoms with Gasteiger partial charge in [0.05, 0.1) is 12.7 Å². The summed E-state index contributed by atoms with van der Waals surface area (Å²) in [6.45, 7) is 4.79. The van der Waals surface area contributed by atoms with Crippen LogP contribution in [-0.4, -0.2) is 112 Å². The quantitative estimate of drug-likeness (QED) is 0.0608. The van der Waals surface area contributed by atoms with E-state index in [-0.39, 0.29) is 32.7 Å². The summed E-state index contributed by atoms with van der Waals surface area (Å²) in [4.78, 5) is 88.5. The minimum absolute atomic E-state index is 0.0107. The molecule has 1 aromatic carbocycles. The zero-order valence-corrected chi connectivity index (χ0v) is 28.4. The maximum atomic E-state index is 13.0. The van der Waals surface area contributed by atoms with E-state index in [1.165, 1.54) is 13.8 Å². The molecule has 280 valence electrons. The van der Waals surface area contributed by atoms with Crippen LogP contribution in [0.15, 0.2) is 52.2 Å². The van der Waals surface area contributed by atoms with Gasteiger partial charge in [-0.1, -0.05) is 30.3 Å². The highest BCUT2D eigenvalue weighted by Crippen LogP contribution is 2.35. The van der Waals surface area contributed by atoms with E-state index in [4.69, 9.17) is 23.7 Å². The third-order valence-corrected chi connectivity index (χ3v) is 7.44. The number of ether oxygens (including phenoxy) is 5. The summed E-state index contributed by atoms with van der Waals surface area (Å²) in [7, 11) is 0. The van der Waals surface area contributed by atoms with Crippen LogP contribution in [0.25, 0.3) is 0 Å². The molecule has 1 aliphatic rings. The molecule has 0 bridgehead atoms. The molecule has 3 rings (SSSR count). The van der Waals surface area contributed by atoms with Gasteiger partial charge in [-0.3, -0.25) is 33.5 Å². The average Bonchev–Trinajstić information content (AvgIpc) is 3.40. The number of nitrogens with one attached hydrogen (secondary N) is 4. The highest BCUT2D eigenvalue weighted by atomic mass is 16.6. The molecule has 2 amide bonds. The minimum Gasteiger partial charge on any atom is -0.465 e. The Morgan fingerprint density at radius 3 is 2.22 bits per heavy atom. The first-order chi connectivity index (χ1) is 24.2. The molecular weight excluding hydrogens is 678 g/mol. The molecule has 0 saturated carbocycles. The normalized spacial score (nSPS) is 20.6. The number of hydrogen-bond donors (Lipinski definition) is 6. The summed E-state index contributed by atoms with van der Waals surface area (Å²) in [5.41, 5.74) is -0.965. The van der Waals surface area contributed by atoms with Gasteiger partial charge in [-0.15, -0.1) is 0 Å². The molecule has 1 saturated heterocycles. The molecular formula is C32H43N5O14. The van der Waals surface area contributed by atoms with Gasteiger partial charge in [0.15, 0.2) is 18.4 Å². The first kappa shape index (κ1) is 40.3. The molecule has 0 aliphatic carbocycles. The van der Waals surface area contributed by atoms with Crippen LogP contribution in [0.2, 0.25) is 0 Å². The number of carbonyl (C=O) groups is 5. The number of aromatic nitrogens is 2. The zero-order valence-electron chi connectivity index (χ0n) is 28.4. The molecule has 0 radical (unpaired) electrons. The van der Waals surface area contributed by atoms with Gasteiger partial charge in [-0.05, 0) is 32.4 Å². The van der Waals surface area contributed by atoms with E-state index in [2.05, 4.69) is 16.0 Å². The van der Waals surface area contributed by atoms with Crippen LogP contribution in [0.3, 0.4) is 0 Å². The molecule has 8 atom stereocenters. The van der Waals surface area contributed by atoms with E-state index >= 15 is 0 Å². The maximum absolute atomic E-state index is 13.0. The van der Waals surface area contributed by atoms with Crippen molar-refractivity contribution in [2.45, 2.75) is 89.6 Å². The first-order valence-electron chi connectivity index (χ1n) is 16.1. The van der Waals surface area contributed by atoms with E-state index in [1.54, 1.807) is 30.3 Å². The van der Waals surface area contributed by atoms with Gasteiger partial charge < -0.3 is 49.8 Å². The molecule has 1 aliphatic heterocycles. The molecule has 6 N–H and O–H groups in total. The number of aromatic amines is 1. The number of rotatable bonds is 17. The number of esters is 3. The van der Waals surface area contributed by atoms with Crippen molar-refractivity contribution in [3.05, 3.63) is 69.0 Å². The minimum atomic E-state index is -1.84. The van der Waals surface area contributed by atoms with Gasteiger partial charge in [0.2, 0.25) is 5.91 Å². The second-order valence-electron chi connectivity index (χ2n) is 11.4. The van der Waals surface area contributed by atoms with Crippen LogP contribution in [0.5, 0.6) is 0 Å². The number of aliphatic hydroxyl groups excluding tert-OH is 2. The highest BCUT2D eigenvalue weighted by Gasteiger charge is 2.55. The first-order valence-corrected chi connectivity index (χ1v) is 16.1. The van der Waals surface area contributed by atoms with Crippen LogP contribution in [0.1, 0.15) is 45.9 Å². The van der Waals surface area contributed by atoms with Crippen molar-refractivity contribution >= 4 is 29.9 Å². The molecule has 0 spiro atoms. The van der Waals surface area contributed by atoms with Gasteiger partial charge in [0, 0.05) is 32.7 Å². The predicted octanol–water partition coefficient (Wildman–Crippen LogP) is -1.64. The number of carbonyl (C=O) groups excluding carboxylic acids is 5. The van der Waals surface area contributed by atoms with Gasteiger partial charge >= 0.3 is 29.7 Å². The Kier molecular flexibility index (Phi) is 15.3. The number of benzene rings is 1. The SMILES string of the molecule is CCOC(=O)C(NCCCNC(=O)[C@@H](NC(=O)OCc1ccccc1)[C@H](C)O)[C@@H](O)[C@H]1O[C@@H](n2ccc(=O)[nH]c2=O)[C@H](OC(C)=O)[C@@H]1OC(C)=O. The fourth-order valence-electron chi connectivity index (χ4n) is 5.16. The van der Waals surface area contributed by atoms with E-state index < -0.39 is 90.0 Å².